The zero-order valence-corrected chi connectivity index (χ0v) is 19.7. The van der Waals surface area contributed by atoms with Gasteiger partial charge in [0.2, 0.25) is 5.95 Å². The Balaban J connectivity index is 1.29. The third kappa shape index (κ3) is 4.81. The number of nitrogens with zero attached hydrogens (tertiary/aromatic N) is 8. The summed E-state index contributed by atoms with van der Waals surface area (Å²) >= 11 is 0. The van der Waals surface area contributed by atoms with E-state index in [9.17, 15) is 10.1 Å². The topological polar surface area (TPSA) is 108 Å². The van der Waals surface area contributed by atoms with Crippen LogP contribution in [0.25, 0.3) is 11.0 Å². The van der Waals surface area contributed by atoms with Crippen LogP contribution in [0, 0.1) is 11.3 Å². The van der Waals surface area contributed by atoms with E-state index in [1.807, 2.05) is 16.9 Å². The molecule has 3 aromatic rings. The fraction of sp³-hybridized carbons (Fsp3) is 0.542. The minimum Gasteiger partial charge on any atom is -0.321 e. The molecule has 0 unspecified atom stereocenters. The number of fused-ring (bicyclic) bond motifs is 1. The maximum absolute atomic E-state index is 12.9. The molecule has 1 saturated carbocycles. The maximum atomic E-state index is 12.9. The van der Waals surface area contributed by atoms with Crippen molar-refractivity contribution in [3.8, 4) is 6.07 Å². The predicted octanol–water partition coefficient (Wildman–Crippen LogP) is 2.36. The summed E-state index contributed by atoms with van der Waals surface area (Å²) in [4.78, 5) is 26.9. The first-order chi connectivity index (χ1) is 16.6. The second kappa shape index (κ2) is 9.91. The van der Waals surface area contributed by atoms with Gasteiger partial charge in [0.1, 0.15) is 17.3 Å². The highest BCUT2D eigenvalue weighted by molar-refractivity contribution is 5.77. The number of rotatable bonds is 7. The van der Waals surface area contributed by atoms with Gasteiger partial charge in [0.05, 0.1) is 11.9 Å². The Morgan fingerprint density at radius 3 is 2.71 bits per heavy atom. The largest absolute Gasteiger partial charge is 0.321 e. The lowest BCUT2D eigenvalue weighted by Crippen LogP contribution is -2.44. The normalized spacial score (nSPS) is 17.9. The van der Waals surface area contributed by atoms with E-state index in [1.165, 1.54) is 0 Å². The molecular formula is C24H31N9O. The van der Waals surface area contributed by atoms with Crippen LogP contribution in [-0.4, -0.2) is 73.9 Å². The number of nitriles is 1. The SMILES string of the molecule is CN1CCN(CCCn2cc(Nc3ncc4cc(C#N)c(=O)n(C5CCCC5)c4n3)cn2)CC1. The molecule has 2 fully saturated rings. The molecule has 2 aliphatic rings. The average Bonchev–Trinajstić information content (AvgIpc) is 3.53. The van der Waals surface area contributed by atoms with E-state index in [-0.39, 0.29) is 17.2 Å². The van der Waals surface area contributed by atoms with Gasteiger partial charge < -0.3 is 15.1 Å². The molecule has 0 aromatic carbocycles. The summed E-state index contributed by atoms with van der Waals surface area (Å²) in [6, 6.07) is 3.69. The molecule has 1 saturated heterocycles. The molecule has 1 N–H and O–H groups in total. The van der Waals surface area contributed by atoms with E-state index in [0.29, 0.717) is 17.0 Å². The Hall–Kier alpha value is -3.29. The third-order valence-electron chi connectivity index (χ3n) is 6.93. The van der Waals surface area contributed by atoms with Crippen LogP contribution in [0.5, 0.6) is 0 Å². The summed E-state index contributed by atoms with van der Waals surface area (Å²) in [6.45, 7) is 6.45. The van der Waals surface area contributed by atoms with Crippen LogP contribution in [-0.2, 0) is 6.54 Å². The number of anilines is 2. The number of hydrogen-bond acceptors (Lipinski definition) is 8. The molecule has 0 bridgehead atoms. The highest BCUT2D eigenvalue weighted by Crippen LogP contribution is 2.30. The van der Waals surface area contributed by atoms with E-state index >= 15 is 0 Å². The van der Waals surface area contributed by atoms with Gasteiger partial charge in [-0.05, 0) is 38.9 Å². The van der Waals surface area contributed by atoms with E-state index in [0.717, 1.165) is 77.1 Å². The first-order valence-electron chi connectivity index (χ1n) is 12.1. The molecule has 1 aliphatic heterocycles. The number of aromatic nitrogens is 5. The van der Waals surface area contributed by atoms with Gasteiger partial charge >= 0.3 is 0 Å². The maximum Gasteiger partial charge on any atom is 0.270 e. The molecule has 10 heteroatoms. The summed E-state index contributed by atoms with van der Waals surface area (Å²) in [7, 11) is 2.17. The summed E-state index contributed by atoms with van der Waals surface area (Å²) in [6.07, 6.45) is 10.5. The number of hydrogen-bond donors (Lipinski definition) is 1. The van der Waals surface area contributed by atoms with Crippen molar-refractivity contribution in [2.45, 2.75) is 44.7 Å². The summed E-state index contributed by atoms with van der Waals surface area (Å²) in [5.74, 6) is 0.417. The van der Waals surface area contributed by atoms with Crippen molar-refractivity contribution < 1.29 is 0 Å². The van der Waals surface area contributed by atoms with Crippen LogP contribution < -0.4 is 10.9 Å². The number of likely N-dealkylation sites (N-methyl/N-ethyl adjacent to an activating group) is 1. The standard InChI is InChI=1S/C24H31N9O/c1-30-9-11-31(12-10-30)7-4-8-32-17-20(16-27-32)28-24-26-15-19-13-18(14-25)23(34)33(22(19)29-24)21-5-2-3-6-21/h13,15-17,21H,2-12H2,1H3,(H,26,28,29). The first kappa shape index (κ1) is 22.5. The van der Waals surface area contributed by atoms with Gasteiger partial charge in [-0.2, -0.15) is 15.3 Å². The average molecular weight is 462 g/mol. The van der Waals surface area contributed by atoms with Gasteiger partial charge in [-0.3, -0.25) is 14.0 Å². The molecular weight excluding hydrogens is 430 g/mol. The molecule has 4 heterocycles. The predicted molar refractivity (Wildman–Crippen MR) is 130 cm³/mol. The lowest BCUT2D eigenvalue weighted by molar-refractivity contribution is 0.151. The molecule has 0 amide bonds. The lowest BCUT2D eigenvalue weighted by Gasteiger charge is -2.32. The Kier molecular flexibility index (Phi) is 6.56. The smallest absolute Gasteiger partial charge is 0.270 e. The van der Waals surface area contributed by atoms with Crippen LogP contribution >= 0.6 is 0 Å². The van der Waals surface area contributed by atoms with Gasteiger partial charge in [-0.1, -0.05) is 12.8 Å². The molecule has 34 heavy (non-hydrogen) atoms. The second-order valence-corrected chi connectivity index (χ2v) is 9.37. The minimum atomic E-state index is -0.264. The number of aryl methyl sites for hydroxylation is 1. The van der Waals surface area contributed by atoms with Crippen molar-refractivity contribution in [2.24, 2.45) is 0 Å². The fourth-order valence-corrected chi connectivity index (χ4v) is 4.97. The highest BCUT2D eigenvalue weighted by atomic mass is 16.1. The summed E-state index contributed by atoms with van der Waals surface area (Å²) in [5.41, 5.74) is 1.26. The second-order valence-electron chi connectivity index (χ2n) is 9.37. The van der Waals surface area contributed by atoms with E-state index < -0.39 is 0 Å². The molecule has 0 atom stereocenters. The van der Waals surface area contributed by atoms with Gasteiger partial charge in [0, 0.05) is 56.5 Å². The van der Waals surface area contributed by atoms with Crippen molar-refractivity contribution in [3.05, 3.63) is 40.6 Å². The van der Waals surface area contributed by atoms with Crippen molar-refractivity contribution >= 4 is 22.7 Å². The lowest BCUT2D eigenvalue weighted by atomic mass is 10.2. The number of pyridine rings is 1. The number of piperazine rings is 1. The molecule has 0 spiro atoms. The molecule has 178 valence electrons. The first-order valence-corrected chi connectivity index (χ1v) is 12.1. The van der Waals surface area contributed by atoms with E-state index in [1.54, 1.807) is 23.0 Å². The van der Waals surface area contributed by atoms with Crippen LogP contribution in [0.15, 0.2) is 29.5 Å². The molecule has 5 rings (SSSR count). The molecule has 0 radical (unpaired) electrons. The Morgan fingerprint density at radius 2 is 1.94 bits per heavy atom. The number of nitrogens with one attached hydrogen (secondary N) is 1. The zero-order chi connectivity index (χ0) is 23.5. The summed E-state index contributed by atoms with van der Waals surface area (Å²) < 4.78 is 3.64. The van der Waals surface area contributed by atoms with Crippen LogP contribution in [0.1, 0.15) is 43.7 Å². The molecule has 10 nitrogen and oxygen atoms in total. The van der Waals surface area contributed by atoms with Crippen LogP contribution in [0.2, 0.25) is 0 Å². The Labute approximate surface area is 198 Å². The zero-order valence-electron chi connectivity index (χ0n) is 19.7. The van der Waals surface area contributed by atoms with Crippen molar-refractivity contribution in [1.82, 2.24) is 34.1 Å². The minimum absolute atomic E-state index is 0.0779. The highest BCUT2D eigenvalue weighted by Gasteiger charge is 2.23. The van der Waals surface area contributed by atoms with E-state index in [2.05, 4.69) is 37.2 Å². The van der Waals surface area contributed by atoms with Crippen LogP contribution in [0.3, 0.4) is 0 Å². The fourth-order valence-electron chi connectivity index (χ4n) is 4.97. The van der Waals surface area contributed by atoms with Crippen molar-refractivity contribution in [3.63, 3.8) is 0 Å². The Bertz CT molecular complexity index is 1240. The molecule has 1 aliphatic carbocycles. The van der Waals surface area contributed by atoms with Gasteiger partial charge in [0.25, 0.3) is 5.56 Å². The monoisotopic (exact) mass is 461 g/mol. The third-order valence-corrected chi connectivity index (χ3v) is 6.93. The Morgan fingerprint density at radius 1 is 1.15 bits per heavy atom. The van der Waals surface area contributed by atoms with Crippen molar-refractivity contribution in [1.29, 1.82) is 5.26 Å². The molecule has 3 aromatic heterocycles. The van der Waals surface area contributed by atoms with E-state index in [4.69, 9.17) is 0 Å². The van der Waals surface area contributed by atoms with Gasteiger partial charge in [-0.25, -0.2) is 4.98 Å². The van der Waals surface area contributed by atoms with Gasteiger partial charge in [0.15, 0.2) is 0 Å². The van der Waals surface area contributed by atoms with Gasteiger partial charge in [-0.15, -0.1) is 0 Å². The summed E-state index contributed by atoms with van der Waals surface area (Å²) in [5, 5.41) is 17.8. The van der Waals surface area contributed by atoms with Crippen LogP contribution in [0.4, 0.5) is 11.6 Å². The van der Waals surface area contributed by atoms with Crippen molar-refractivity contribution in [2.75, 3.05) is 45.1 Å². The quantitative estimate of drug-likeness (QED) is 0.571.